The number of benzene rings is 1. The number of carbonyl (C=O) groups excluding carboxylic acids is 2. The molecule has 11 heteroatoms. The van der Waals surface area contributed by atoms with Gasteiger partial charge in [-0.1, -0.05) is 30.3 Å². The van der Waals surface area contributed by atoms with Crippen LogP contribution < -0.4 is 10.3 Å². The number of hydroxylamine groups is 2. The predicted octanol–water partition coefficient (Wildman–Crippen LogP) is 0.567. The summed E-state index contributed by atoms with van der Waals surface area (Å²) < 4.78 is 13.3. The van der Waals surface area contributed by atoms with Crippen LogP contribution in [0.4, 0.5) is 0 Å². The molecular weight excluding hydrogens is 430 g/mol. The van der Waals surface area contributed by atoms with Gasteiger partial charge in [0.15, 0.2) is 5.69 Å². The zero-order chi connectivity index (χ0) is 23.4. The molecule has 33 heavy (non-hydrogen) atoms. The van der Waals surface area contributed by atoms with Crippen LogP contribution >= 0.6 is 0 Å². The maximum Gasteiger partial charge on any atom is 0.360 e. The van der Waals surface area contributed by atoms with Crippen molar-refractivity contribution in [3.05, 3.63) is 64.3 Å². The molecular formula is C22H25N5O6. The number of hydrogen-bond donors (Lipinski definition) is 0. The van der Waals surface area contributed by atoms with Gasteiger partial charge in [-0.25, -0.2) is 14.2 Å². The predicted molar refractivity (Wildman–Crippen MR) is 117 cm³/mol. The van der Waals surface area contributed by atoms with Gasteiger partial charge >= 0.3 is 11.5 Å². The number of hydrogen-bond acceptors (Lipinski definition) is 8. The van der Waals surface area contributed by atoms with E-state index in [4.69, 9.17) is 14.3 Å². The summed E-state index contributed by atoms with van der Waals surface area (Å²) in [5, 5.41) is 1.79. The summed E-state index contributed by atoms with van der Waals surface area (Å²) >= 11 is 0. The van der Waals surface area contributed by atoms with Crippen molar-refractivity contribution < 1.29 is 23.9 Å². The van der Waals surface area contributed by atoms with E-state index in [0.717, 1.165) is 5.56 Å². The van der Waals surface area contributed by atoms with E-state index >= 15 is 0 Å². The molecule has 0 aliphatic carbocycles. The smallest absolute Gasteiger partial charge is 0.360 e. The lowest BCUT2D eigenvalue weighted by atomic mass is 10.2. The Labute approximate surface area is 189 Å². The number of rotatable bonds is 7. The van der Waals surface area contributed by atoms with Crippen LogP contribution in [-0.2, 0) is 27.5 Å². The minimum atomic E-state index is -0.799. The summed E-state index contributed by atoms with van der Waals surface area (Å²) in [5.41, 5.74) is 0.0327. The molecule has 0 radical (unpaired) electrons. The molecule has 3 heterocycles. The molecule has 1 amide bonds. The monoisotopic (exact) mass is 455 g/mol. The largest absolute Gasteiger partial charge is 0.481 e. The second-order valence-corrected chi connectivity index (χ2v) is 7.45. The molecule has 1 aromatic carbocycles. The lowest BCUT2D eigenvalue weighted by Crippen LogP contribution is -2.49. The number of ether oxygens (including phenoxy) is 2. The Morgan fingerprint density at radius 1 is 1.03 bits per heavy atom. The molecule has 0 bridgehead atoms. The fourth-order valence-electron chi connectivity index (χ4n) is 3.64. The highest BCUT2D eigenvalue weighted by molar-refractivity contribution is 5.90. The zero-order valence-corrected chi connectivity index (χ0v) is 18.5. The standard InChI is InChI=1S/C22H25N5O6/c1-31-21(30)18-19(33-15-16-6-4-3-5-7-16)20(29)27-13-10-25(22(27)23-18)14-17(28)24-8-11-26(32-2)12-9-24/h3-7,10,13H,8-9,11-12,14-15H2,1-2H3. The Bertz CT molecular complexity index is 1200. The molecule has 0 N–H and O–H groups in total. The molecule has 3 aromatic rings. The Morgan fingerprint density at radius 3 is 2.42 bits per heavy atom. The number of carbonyl (C=O) groups is 2. The van der Waals surface area contributed by atoms with E-state index in [2.05, 4.69) is 4.98 Å². The average molecular weight is 455 g/mol. The number of aromatic nitrogens is 3. The number of methoxy groups -OCH3 is 1. The second kappa shape index (κ2) is 9.84. The first-order valence-electron chi connectivity index (χ1n) is 10.4. The van der Waals surface area contributed by atoms with Crippen LogP contribution in [0, 0.1) is 0 Å². The Hall–Kier alpha value is -3.70. The molecule has 2 aromatic heterocycles. The Morgan fingerprint density at radius 2 is 1.76 bits per heavy atom. The summed E-state index contributed by atoms with van der Waals surface area (Å²) in [4.78, 5) is 49.6. The van der Waals surface area contributed by atoms with Crippen molar-refractivity contribution in [2.75, 3.05) is 40.4 Å². The highest BCUT2D eigenvalue weighted by atomic mass is 16.7. The minimum Gasteiger partial charge on any atom is -0.481 e. The van der Waals surface area contributed by atoms with E-state index in [1.807, 2.05) is 30.3 Å². The van der Waals surface area contributed by atoms with E-state index in [1.165, 1.54) is 22.3 Å². The van der Waals surface area contributed by atoms with Gasteiger partial charge in [-0.05, 0) is 5.56 Å². The summed E-state index contributed by atoms with van der Waals surface area (Å²) in [6.07, 6.45) is 3.08. The molecule has 11 nitrogen and oxygen atoms in total. The highest BCUT2D eigenvalue weighted by Crippen LogP contribution is 2.17. The quantitative estimate of drug-likeness (QED) is 0.476. The normalized spacial score (nSPS) is 14.4. The van der Waals surface area contributed by atoms with Crippen LogP contribution in [-0.4, -0.2) is 76.2 Å². The first-order chi connectivity index (χ1) is 16.0. The third-order valence-corrected chi connectivity index (χ3v) is 5.47. The molecule has 0 unspecified atom stereocenters. The molecule has 1 fully saturated rings. The van der Waals surface area contributed by atoms with Gasteiger partial charge in [0.05, 0.1) is 14.2 Å². The van der Waals surface area contributed by atoms with Crippen molar-refractivity contribution >= 4 is 17.7 Å². The Kier molecular flexibility index (Phi) is 6.71. The summed E-state index contributed by atoms with van der Waals surface area (Å²) in [7, 11) is 2.80. The number of amides is 1. The lowest BCUT2D eigenvalue weighted by Gasteiger charge is -2.33. The van der Waals surface area contributed by atoms with Crippen LogP contribution in [0.15, 0.2) is 47.5 Å². The van der Waals surface area contributed by atoms with Crippen molar-refractivity contribution in [2.45, 2.75) is 13.2 Å². The lowest BCUT2D eigenvalue weighted by molar-refractivity contribution is -0.161. The molecule has 1 aliphatic rings. The van der Waals surface area contributed by atoms with Gasteiger partial charge in [-0.15, -0.1) is 0 Å². The molecule has 174 valence electrons. The van der Waals surface area contributed by atoms with Gasteiger partial charge < -0.3 is 23.8 Å². The first-order valence-corrected chi connectivity index (χ1v) is 10.4. The van der Waals surface area contributed by atoms with Crippen molar-refractivity contribution in [1.29, 1.82) is 0 Å². The van der Waals surface area contributed by atoms with Gasteiger partial charge in [0, 0.05) is 38.6 Å². The van der Waals surface area contributed by atoms with Crippen LogP contribution in [0.1, 0.15) is 16.1 Å². The topological polar surface area (TPSA) is 108 Å². The number of nitrogens with zero attached hydrogens (tertiary/aromatic N) is 5. The zero-order valence-electron chi connectivity index (χ0n) is 18.5. The minimum absolute atomic E-state index is 0.0270. The maximum atomic E-state index is 13.1. The first kappa shape index (κ1) is 22.5. The van der Waals surface area contributed by atoms with Crippen LogP contribution in [0.2, 0.25) is 0 Å². The van der Waals surface area contributed by atoms with Crippen molar-refractivity contribution in [2.24, 2.45) is 0 Å². The van der Waals surface area contributed by atoms with Crippen molar-refractivity contribution in [3.8, 4) is 5.75 Å². The van der Waals surface area contributed by atoms with Crippen molar-refractivity contribution in [1.82, 2.24) is 23.9 Å². The summed E-state index contributed by atoms with van der Waals surface area (Å²) in [5.74, 6) is -0.978. The molecule has 1 saturated heterocycles. The number of imidazole rings is 1. The van der Waals surface area contributed by atoms with Crippen LogP contribution in [0.25, 0.3) is 5.78 Å². The van der Waals surface area contributed by atoms with E-state index in [9.17, 15) is 14.4 Å². The fraction of sp³-hybridized carbons (Fsp3) is 0.364. The number of piperazine rings is 1. The fourth-order valence-corrected chi connectivity index (χ4v) is 3.64. The second-order valence-electron chi connectivity index (χ2n) is 7.45. The van der Waals surface area contributed by atoms with Gasteiger partial charge in [-0.3, -0.25) is 9.59 Å². The van der Waals surface area contributed by atoms with Gasteiger partial charge in [0.2, 0.25) is 17.4 Å². The Balaban J connectivity index is 1.61. The molecule has 0 spiro atoms. The van der Waals surface area contributed by atoms with Crippen LogP contribution in [0.3, 0.4) is 0 Å². The summed E-state index contributed by atoms with van der Waals surface area (Å²) in [6, 6.07) is 9.25. The van der Waals surface area contributed by atoms with Gasteiger partial charge in [-0.2, -0.15) is 5.06 Å². The van der Waals surface area contributed by atoms with Gasteiger partial charge in [0.25, 0.3) is 0 Å². The highest BCUT2D eigenvalue weighted by Gasteiger charge is 2.25. The van der Waals surface area contributed by atoms with E-state index in [1.54, 1.807) is 23.3 Å². The average Bonchev–Trinajstić information content (AvgIpc) is 3.26. The summed E-state index contributed by atoms with van der Waals surface area (Å²) in [6.45, 7) is 2.34. The van der Waals surface area contributed by atoms with E-state index in [-0.39, 0.29) is 36.3 Å². The number of esters is 1. The maximum absolute atomic E-state index is 13.1. The molecule has 0 atom stereocenters. The third kappa shape index (κ3) is 4.73. The van der Waals surface area contributed by atoms with Crippen LogP contribution in [0.5, 0.6) is 5.75 Å². The van der Waals surface area contributed by atoms with Crippen molar-refractivity contribution in [3.63, 3.8) is 0 Å². The van der Waals surface area contributed by atoms with E-state index in [0.29, 0.717) is 26.2 Å². The molecule has 4 rings (SSSR count). The third-order valence-electron chi connectivity index (χ3n) is 5.47. The number of fused-ring (bicyclic) bond motifs is 1. The van der Waals surface area contributed by atoms with Gasteiger partial charge in [0.1, 0.15) is 13.2 Å². The van der Waals surface area contributed by atoms with E-state index < -0.39 is 11.5 Å². The molecule has 1 aliphatic heterocycles. The SMILES string of the molecule is COC(=O)c1nc2n(CC(=O)N3CCN(OC)CC3)ccn2c(=O)c1OCc1ccccc1. The molecule has 0 saturated carbocycles.